The van der Waals surface area contributed by atoms with Crippen LogP contribution in [0.15, 0.2) is 5.16 Å². The van der Waals surface area contributed by atoms with Crippen LogP contribution in [0, 0.1) is 0 Å². The van der Waals surface area contributed by atoms with Gasteiger partial charge in [-0.25, -0.2) is 0 Å². The van der Waals surface area contributed by atoms with Gasteiger partial charge in [-0.2, -0.15) is 0 Å². The molecule has 7 heteroatoms. The van der Waals surface area contributed by atoms with Crippen LogP contribution in [0.2, 0.25) is 0 Å². The van der Waals surface area contributed by atoms with E-state index in [1.165, 1.54) is 18.2 Å². The van der Waals surface area contributed by atoms with Crippen LogP contribution in [0.5, 0.6) is 0 Å². The predicted octanol–water partition coefficient (Wildman–Crippen LogP) is 1.24. The molecule has 0 aliphatic carbocycles. The highest BCUT2D eigenvalue weighted by Crippen LogP contribution is 2.24. The third-order valence-corrected chi connectivity index (χ3v) is 5.03. The van der Waals surface area contributed by atoms with Crippen molar-refractivity contribution in [3.63, 3.8) is 0 Å². The number of amides is 1. The molecule has 0 saturated carbocycles. The summed E-state index contributed by atoms with van der Waals surface area (Å²) >= 11 is 1.46. The normalized spacial score (nSPS) is 19.0. The van der Waals surface area contributed by atoms with Gasteiger partial charge in [-0.1, -0.05) is 11.8 Å². The Balaban J connectivity index is 1.95. The first-order chi connectivity index (χ1) is 10.0. The summed E-state index contributed by atoms with van der Waals surface area (Å²) in [7, 11) is 3.83. The molecule has 1 aromatic rings. The van der Waals surface area contributed by atoms with Crippen molar-refractivity contribution >= 4 is 17.7 Å². The highest BCUT2D eigenvalue weighted by atomic mass is 32.2. The zero-order valence-corrected chi connectivity index (χ0v) is 14.1. The molecule has 1 aliphatic heterocycles. The maximum Gasteiger partial charge on any atom is 0.233 e. The highest BCUT2D eigenvalue weighted by Gasteiger charge is 2.22. The molecular formula is C14H25N5OS. The van der Waals surface area contributed by atoms with Gasteiger partial charge in [0, 0.05) is 32.6 Å². The third-order valence-electron chi connectivity index (χ3n) is 4.02. The predicted molar refractivity (Wildman–Crippen MR) is 84.5 cm³/mol. The zero-order valence-electron chi connectivity index (χ0n) is 13.3. The second-order valence-corrected chi connectivity index (χ2v) is 6.77. The van der Waals surface area contributed by atoms with Gasteiger partial charge in [0.05, 0.1) is 5.75 Å². The molecular weight excluding hydrogens is 286 g/mol. The Morgan fingerprint density at radius 3 is 2.90 bits per heavy atom. The Kier molecular flexibility index (Phi) is 5.64. The van der Waals surface area contributed by atoms with Crippen LogP contribution in [0.1, 0.15) is 38.4 Å². The lowest BCUT2D eigenvalue weighted by molar-refractivity contribution is -0.128. The molecule has 0 spiro atoms. The van der Waals surface area contributed by atoms with Crippen LogP contribution < -0.4 is 5.32 Å². The Bertz CT molecular complexity index is 482. The quantitative estimate of drug-likeness (QED) is 0.829. The summed E-state index contributed by atoms with van der Waals surface area (Å²) in [4.78, 5) is 13.8. The van der Waals surface area contributed by atoms with Crippen molar-refractivity contribution in [3.05, 3.63) is 5.82 Å². The lowest BCUT2D eigenvalue weighted by Gasteiger charge is -2.22. The van der Waals surface area contributed by atoms with Gasteiger partial charge in [-0.05, 0) is 33.2 Å². The second-order valence-electron chi connectivity index (χ2n) is 5.83. The number of hydrogen-bond acceptors (Lipinski definition) is 5. The second kappa shape index (κ2) is 7.26. The summed E-state index contributed by atoms with van der Waals surface area (Å²) < 4.78 is 2.03. The minimum absolute atomic E-state index is 0.124. The molecule has 0 unspecified atom stereocenters. The number of nitrogens with one attached hydrogen (secondary N) is 1. The van der Waals surface area contributed by atoms with E-state index in [9.17, 15) is 4.79 Å². The number of nitrogens with zero attached hydrogens (tertiary/aromatic N) is 4. The van der Waals surface area contributed by atoms with Crippen molar-refractivity contribution in [1.29, 1.82) is 0 Å². The molecule has 6 nitrogen and oxygen atoms in total. The minimum atomic E-state index is 0.124. The topological polar surface area (TPSA) is 63.1 Å². The molecule has 1 aromatic heterocycles. The summed E-state index contributed by atoms with van der Waals surface area (Å²) in [6.45, 7) is 6.08. The van der Waals surface area contributed by atoms with E-state index in [0.29, 0.717) is 11.7 Å². The lowest BCUT2D eigenvalue weighted by atomic mass is 9.99. The fourth-order valence-electron chi connectivity index (χ4n) is 2.40. The van der Waals surface area contributed by atoms with Crippen molar-refractivity contribution in [3.8, 4) is 0 Å². The molecule has 1 amide bonds. The van der Waals surface area contributed by atoms with Gasteiger partial charge >= 0.3 is 0 Å². The molecule has 1 fully saturated rings. The molecule has 1 aliphatic rings. The molecule has 1 N–H and O–H groups in total. The molecule has 1 atom stereocenters. The summed E-state index contributed by atoms with van der Waals surface area (Å²) in [5, 5.41) is 12.8. The molecule has 0 radical (unpaired) electrons. The maximum absolute atomic E-state index is 12.0. The standard InChI is InChI=1S/C14H25N5OS/c1-10(2)18(3)12(20)9-21-14-17-16-13(19(14)4)11-6-5-7-15-8-11/h10-11,15H,5-9H2,1-4H3/t11-/m1/s1. The van der Waals surface area contributed by atoms with Gasteiger partial charge in [0.1, 0.15) is 5.82 Å². The molecule has 0 aromatic carbocycles. The van der Waals surface area contributed by atoms with Gasteiger partial charge in [-0.3, -0.25) is 4.79 Å². The van der Waals surface area contributed by atoms with Gasteiger partial charge in [0.15, 0.2) is 5.16 Å². The minimum Gasteiger partial charge on any atom is -0.343 e. The van der Waals surface area contributed by atoms with E-state index in [2.05, 4.69) is 15.5 Å². The first kappa shape index (κ1) is 16.3. The number of hydrogen-bond donors (Lipinski definition) is 1. The van der Waals surface area contributed by atoms with Crippen molar-refractivity contribution in [1.82, 2.24) is 25.0 Å². The van der Waals surface area contributed by atoms with Gasteiger partial charge in [0.2, 0.25) is 5.91 Å². The average Bonchev–Trinajstić information content (AvgIpc) is 2.85. The van der Waals surface area contributed by atoms with Crippen LogP contribution >= 0.6 is 11.8 Å². The van der Waals surface area contributed by atoms with Crippen LogP contribution in [0.4, 0.5) is 0 Å². The number of rotatable bonds is 5. The van der Waals surface area contributed by atoms with Crippen molar-refractivity contribution in [2.45, 2.75) is 43.8 Å². The first-order valence-corrected chi connectivity index (χ1v) is 8.47. The smallest absolute Gasteiger partial charge is 0.233 e. The third kappa shape index (κ3) is 3.97. The van der Waals surface area contributed by atoms with E-state index in [1.54, 1.807) is 4.90 Å². The summed E-state index contributed by atoms with van der Waals surface area (Å²) in [5.41, 5.74) is 0. The fourth-order valence-corrected chi connectivity index (χ4v) is 3.24. The zero-order chi connectivity index (χ0) is 15.4. The number of carbonyl (C=O) groups is 1. The Hall–Kier alpha value is -1.08. The maximum atomic E-state index is 12.0. The van der Waals surface area contributed by atoms with Crippen molar-refractivity contribution in [2.24, 2.45) is 7.05 Å². The van der Waals surface area contributed by atoms with Crippen LogP contribution in [0.25, 0.3) is 0 Å². The average molecular weight is 311 g/mol. The summed E-state index contributed by atoms with van der Waals surface area (Å²) in [6.07, 6.45) is 2.33. The summed E-state index contributed by atoms with van der Waals surface area (Å²) in [5.74, 6) is 1.98. The van der Waals surface area contributed by atoms with Crippen molar-refractivity contribution < 1.29 is 4.79 Å². The monoisotopic (exact) mass is 311 g/mol. The summed E-state index contributed by atoms with van der Waals surface area (Å²) in [6, 6.07) is 0.224. The van der Waals surface area contributed by atoms with Gasteiger partial charge in [-0.15, -0.1) is 10.2 Å². The Morgan fingerprint density at radius 2 is 2.29 bits per heavy atom. The van der Waals surface area contributed by atoms with E-state index < -0.39 is 0 Å². The SMILES string of the molecule is CC(C)N(C)C(=O)CSc1nnc([C@@H]2CCCNC2)n1C. The largest absolute Gasteiger partial charge is 0.343 e. The highest BCUT2D eigenvalue weighted by molar-refractivity contribution is 7.99. The number of aromatic nitrogens is 3. The van der Waals surface area contributed by atoms with Crippen molar-refractivity contribution in [2.75, 3.05) is 25.9 Å². The lowest BCUT2D eigenvalue weighted by Crippen LogP contribution is -2.34. The Morgan fingerprint density at radius 1 is 1.52 bits per heavy atom. The number of thioether (sulfide) groups is 1. The molecule has 1 saturated heterocycles. The fraction of sp³-hybridized carbons (Fsp3) is 0.786. The van der Waals surface area contributed by atoms with E-state index in [-0.39, 0.29) is 11.9 Å². The van der Waals surface area contributed by atoms with Crippen LogP contribution in [-0.2, 0) is 11.8 Å². The van der Waals surface area contributed by atoms with Gasteiger partial charge < -0.3 is 14.8 Å². The van der Waals surface area contributed by atoms with E-state index >= 15 is 0 Å². The number of carbonyl (C=O) groups excluding carboxylic acids is 1. The number of piperidine rings is 1. The molecule has 2 heterocycles. The van der Waals surface area contributed by atoms with Crippen LogP contribution in [0.3, 0.4) is 0 Å². The van der Waals surface area contributed by atoms with E-state index in [0.717, 1.165) is 30.5 Å². The molecule has 2 rings (SSSR count). The van der Waals surface area contributed by atoms with E-state index in [1.807, 2.05) is 32.5 Å². The molecule has 0 bridgehead atoms. The van der Waals surface area contributed by atoms with Crippen LogP contribution in [-0.4, -0.2) is 57.5 Å². The molecule has 21 heavy (non-hydrogen) atoms. The molecule has 118 valence electrons. The van der Waals surface area contributed by atoms with Gasteiger partial charge in [0.25, 0.3) is 0 Å². The van der Waals surface area contributed by atoms with E-state index in [4.69, 9.17) is 0 Å². The first-order valence-electron chi connectivity index (χ1n) is 7.49. The Labute approximate surface area is 130 Å².